The van der Waals surface area contributed by atoms with Crippen LogP contribution >= 0.6 is 11.3 Å². The molecule has 0 spiro atoms. The van der Waals surface area contributed by atoms with Gasteiger partial charge in [-0.2, -0.15) is 0 Å². The summed E-state index contributed by atoms with van der Waals surface area (Å²) in [6, 6.07) is 3.55. The number of hydrogen-bond acceptors (Lipinski definition) is 5. The second kappa shape index (κ2) is 6.99. The van der Waals surface area contributed by atoms with Gasteiger partial charge < -0.3 is 10.0 Å². The van der Waals surface area contributed by atoms with E-state index in [1.165, 1.54) is 16.2 Å². The van der Waals surface area contributed by atoms with Gasteiger partial charge in [-0.25, -0.2) is 14.7 Å². The summed E-state index contributed by atoms with van der Waals surface area (Å²) in [4.78, 5) is 33.9. The summed E-state index contributed by atoms with van der Waals surface area (Å²) in [6.45, 7) is 0.164. The van der Waals surface area contributed by atoms with E-state index >= 15 is 0 Å². The van der Waals surface area contributed by atoms with E-state index in [4.69, 9.17) is 0 Å². The van der Waals surface area contributed by atoms with Crippen LogP contribution in [0.3, 0.4) is 0 Å². The third-order valence-corrected chi connectivity index (χ3v) is 3.81. The van der Waals surface area contributed by atoms with E-state index in [0.717, 1.165) is 10.5 Å². The summed E-state index contributed by atoms with van der Waals surface area (Å²) in [5.41, 5.74) is 1.34. The number of anilines is 1. The summed E-state index contributed by atoms with van der Waals surface area (Å²) >= 11 is 1.20. The zero-order valence-electron chi connectivity index (χ0n) is 12.3. The minimum atomic E-state index is -1.09. The number of rotatable bonds is 5. The van der Waals surface area contributed by atoms with Crippen molar-refractivity contribution in [3.8, 4) is 0 Å². The van der Waals surface area contributed by atoms with Gasteiger partial charge in [-0.05, 0) is 11.6 Å². The van der Waals surface area contributed by atoms with Crippen molar-refractivity contribution in [1.82, 2.24) is 14.9 Å². The van der Waals surface area contributed by atoms with Crippen LogP contribution in [-0.4, -0.2) is 46.1 Å². The van der Waals surface area contributed by atoms with Crippen LogP contribution in [0.5, 0.6) is 0 Å². The molecule has 22 heavy (non-hydrogen) atoms. The molecule has 2 heterocycles. The van der Waals surface area contributed by atoms with E-state index in [-0.39, 0.29) is 18.9 Å². The van der Waals surface area contributed by atoms with Crippen LogP contribution in [0.15, 0.2) is 29.9 Å². The van der Waals surface area contributed by atoms with Gasteiger partial charge >= 0.3 is 6.09 Å². The van der Waals surface area contributed by atoms with Crippen molar-refractivity contribution in [3.05, 3.63) is 41.2 Å². The molecule has 8 heteroatoms. The zero-order valence-corrected chi connectivity index (χ0v) is 13.1. The summed E-state index contributed by atoms with van der Waals surface area (Å²) in [5.74, 6) is -0.0778. The van der Waals surface area contributed by atoms with Crippen molar-refractivity contribution in [1.29, 1.82) is 0 Å². The monoisotopic (exact) mass is 320 g/mol. The minimum absolute atomic E-state index is 0.0778. The Hall–Kier alpha value is -2.48. The van der Waals surface area contributed by atoms with Crippen LogP contribution in [0.25, 0.3) is 0 Å². The Morgan fingerprint density at radius 2 is 2.14 bits per heavy atom. The molecule has 2 amide bonds. The van der Waals surface area contributed by atoms with Gasteiger partial charge in [0.2, 0.25) is 5.91 Å². The highest BCUT2D eigenvalue weighted by Crippen LogP contribution is 2.23. The first-order valence-electron chi connectivity index (χ1n) is 6.51. The molecule has 0 fully saturated rings. The molecule has 2 aromatic heterocycles. The number of thiazole rings is 1. The normalized spacial score (nSPS) is 10.3. The number of carbonyl (C=O) groups is 2. The van der Waals surface area contributed by atoms with E-state index in [1.807, 2.05) is 0 Å². The third kappa shape index (κ3) is 4.01. The van der Waals surface area contributed by atoms with Crippen LogP contribution < -0.4 is 4.90 Å². The lowest BCUT2D eigenvalue weighted by molar-refractivity contribution is -0.128. The molecule has 0 unspecified atom stereocenters. The molecule has 0 aliphatic rings. The molecular formula is C14H16N4O3S. The van der Waals surface area contributed by atoms with Crippen LogP contribution in [0.2, 0.25) is 0 Å². The zero-order chi connectivity index (χ0) is 16.1. The van der Waals surface area contributed by atoms with E-state index in [2.05, 4.69) is 9.97 Å². The second-order valence-corrected chi connectivity index (χ2v) is 5.65. The lowest BCUT2D eigenvalue weighted by Gasteiger charge is -2.15. The highest BCUT2D eigenvalue weighted by Gasteiger charge is 2.19. The Bertz CT molecular complexity index is 657. The van der Waals surface area contributed by atoms with Crippen molar-refractivity contribution < 1.29 is 14.7 Å². The minimum Gasteiger partial charge on any atom is -0.465 e. The summed E-state index contributed by atoms with van der Waals surface area (Å²) in [7, 11) is 3.34. The predicted molar refractivity (Wildman–Crippen MR) is 83.0 cm³/mol. The summed E-state index contributed by atoms with van der Waals surface area (Å²) < 4.78 is 0. The average molecular weight is 320 g/mol. The van der Waals surface area contributed by atoms with E-state index < -0.39 is 6.09 Å². The van der Waals surface area contributed by atoms with Gasteiger partial charge in [-0.1, -0.05) is 6.07 Å². The SMILES string of the molecule is CN(C)C(=O)Cc1csc(N(Cc2cccnc2)C(=O)O)n1. The van der Waals surface area contributed by atoms with Crippen molar-refractivity contribution in [2.45, 2.75) is 13.0 Å². The molecule has 0 aliphatic heterocycles. The maximum atomic E-state index is 11.7. The first-order valence-corrected chi connectivity index (χ1v) is 7.39. The molecule has 116 valence electrons. The van der Waals surface area contributed by atoms with Gasteiger partial charge in [-0.3, -0.25) is 9.78 Å². The number of aromatic nitrogens is 2. The number of likely N-dealkylation sites (N-methyl/N-ethyl adjacent to an activating group) is 1. The van der Waals surface area contributed by atoms with E-state index in [1.54, 1.807) is 44.0 Å². The molecular weight excluding hydrogens is 304 g/mol. The molecule has 0 atom stereocenters. The molecule has 2 aromatic rings. The molecule has 7 nitrogen and oxygen atoms in total. The van der Waals surface area contributed by atoms with Crippen LogP contribution in [-0.2, 0) is 17.8 Å². The fourth-order valence-electron chi connectivity index (χ4n) is 1.71. The smallest absolute Gasteiger partial charge is 0.413 e. The lowest BCUT2D eigenvalue weighted by Crippen LogP contribution is -2.28. The molecule has 1 N–H and O–H groups in total. The van der Waals surface area contributed by atoms with Crippen molar-refractivity contribution in [2.24, 2.45) is 0 Å². The third-order valence-electron chi connectivity index (χ3n) is 2.90. The molecule has 0 aromatic carbocycles. The van der Waals surface area contributed by atoms with Gasteiger partial charge in [0.1, 0.15) is 0 Å². The van der Waals surface area contributed by atoms with E-state index in [9.17, 15) is 14.7 Å². The standard InChI is InChI=1S/C14H16N4O3S/c1-17(2)12(19)6-11-9-22-13(16-11)18(14(20)21)8-10-4-3-5-15-7-10/h3-5,7,9H,6,8H2,1-2H3,(H,20,21). The van der Waals surface area contributed by atoms with Crippen LogP contribution in [0.4, 0.5) is 9.93 Å². The van der Waals surface area contributed by atoms with Gasteiger partial charge in [0.05, 0.1) is 18.7 Å². The Morgan fingerprint density at radius 1 is 1.36 bits per heavy atom. The van der Waals surface area contributed by atoms with Crippen LogP contribution in [0, 0.1) is 0 Å². The summed E-state index contributed by atoms with van der Waals surface area (Å²) in [5, 5.41) is 11.4. The van der Waals surface area contributed by atoms with Crippen molar-refractivity contribution in [2.75, 3.05) is 19.0 Å². The number of hydrogen-bond donors (Lipinski definition) is 1. The van der Waals surface area contributed by atoms with Gasteiger partial charge in [0, 0.05) is 31.9 Å². The predicted octanol–water partition coefficient (Wildman–Crippen LogP) is 1.85. The topological polar surface area (TPSA) is 86.6 Å². The number of carbonyl (C=O) groups excluding carboxylic acids is 1. The Balaban J connectivity index is 2.14. The van der Waals surface area contributed by atoms with Crippen molar-refractivity contribution >= 4 is 28.5 Å². The Kier molecular flexibility index (Phi) is 5.05. The Morgan fingerprint density at radius 3 is 2.73 bits per heavy atom. The number of nitrogens with zero attached hydrogens (tertiary/aromatic N) is 4. The molecule has 0 saturated heterocycles. The summed E-state index contributed by atoms with van der Waals surface area (Å²) in [6.07, 6.45) is 2.30. The maximum absolute atomic E-state index is 11.7. The fourth-order valence-corrected chi connectivity index (χ4v) is 2.52. The quantitative estimate of drug-likeness (QED) is 0.908. The first-order chi connectivity index (χ1) is 10.5. The lowest BCUT2D eigenvalue weighted by atomic mass is 10.3. The number of carboxylic acid groups (broad SMARTS) is 1. The molecule has 0 saturated carbocycles. The molecule has 0 radical (unpaired) electrons. The maximum Gasteiger partial charge on any atom is 0.413 e. The number of pyridine rings is 1. The van der Waals surface area contributed by atoms with Crippen molar-refractivity contribution in [3.63, 3.8) is 0 Å². The Labute approximate surface area is 131 Å². The second-order valence-electron chi connectivity index (χ2n) is 4.82. The first kappa shape index (κ1) is 15.9. The molecule has 0 bridgehead atoms. The fraction of sp³-hybridized carbons (Fsp3) is 0.286. The molecule has 0 aliphatic carbocycles. The van der Waals surface area contributed by atoms with Gasteiger partial charge in [0.25, 0.3) is 0 Å². The van der Waals surface area contributed by atoms with Gasteiger partial charge in [0.15, 0.2) is 5.13 Å². The van der Waals surface area contributed by atoms with Gasteiger partial charge in [-0.15, -0.1) is 11.3 Å². The number of amides is 2. The van der Waals surface area contributed by atoms with Crippen LogP contribution in [0.1, 0.15) is 11.3 Å². The molecule has 2 rings (SSSR count). The van der Waals surface area contributed by atoms with E-state index in [0.29, 0.717) is 10.8 Å². The average Bonchev–Trinajstić information content (AvgIpc) is 2.93. The highest BCUT2D eigenvalue weighted by molar-refractivity contribution is 7.14. The largest absolute Gasteiger partial charge is 0.465 e. The highest BCUT2D eigenvalue weighted by atomic mass is 32.1.